The molecule has 25 heavy (non-hydrogen) atoms. The number of alkyl halides is 3. The van der Waals surface area contributed by atoms with Gasteiger partial charge in [0, 0.05) is 18.1 Å². The molecule has 0 radical (unpaired) electrons. The van der Waals surface area contributed by atoms with Crippen molar-refractivity contribution < 1.29 is 22.3 Å². The molecule has 2 heterocycles. The predicted octanol–water partition coefficient (Wildman–Crippen LogP) is 5.54. The van der Waals surface area contributed by atoms with E-state index in [0.29, 0.717) is 16.6 Å². The fraction of sp³-hybridized carbons (Fsp3) is 0.235. The van der Waals surface area contributed by atoms with Crippen molar-refractivity contribution in [1.29, 1.82) is 0 Å². The van der Waals surface area contributed by atoms with Crippen molar-refractivity contribution in [1.82, 2.24) is 9.55 Å². The van der Waals surface area contributed by atoms with Crippen molar-refractivity contribution in [3.63, 3.8) is 0 Å². The van der Waals surface area contributed by atoms with Gasteiger partial charge in [0.15, 0.2) is 6.17 Å². The Labute approximate surface area is 148 Å². The molecule has 3 aromatic rings. The first-order chi connectivity index (χ1) is 12.0. The minimum atomic E-state index is -2.98. The zero-order valence-electron chi connectivity index (χ0n) is 12.6. The summed E-state index contributed by atoms with van der Waals surface area (Å²) in [7, 11) is 0. The highest BCUT2D eigenvalue weighted by Gasteiger charge is 2.36. The third kappa shape index (κ3) is 2.68. The van der Waals surface area contributed by atoms with Crippen LogP contribution in [0, 0.1) is 5.82 Å². The lowest BCUT2D eigenvalue weighted by molar-refractivity contribution is -0.0507. The van der Waals surface area contributed by atoms with Crippen LogP contribution in [0.15, 0.2) is 40.9 Å². The Morgan fingerprint density at radius 2 is 2.00 bits per heavy atom. The molecular weight excluding hydrogens is 404 g/mol. The SMILES string of the molecule is Fc1cc2nc3n(c2cc1Br)C(c1ccccc1OC(F)F)CC3F. The van der Waals surface area contributed by atoms with Crippen LogP contribution in [0.4, 0.5) is 17.6 Å². The summed E-state index contributed by atoms with van der Waals surface area (Å²) in [6.45, 7) is -2.98. The van der Waals surface area contributed by atoms with E-state index in [-0.39, 0.29) is 22.5 Å². The Kier molecular flexibility index (Phi) is 3.94. The zero-order chi connectivity index (χ0) is 17.7. The molecule has 2 atom stereocenters. The molecule has 0 aliphatic carbocycles. The Bertz CT molecular complexity index is 959. The van der Waals surface area contributed by atoms with Gasteiger partial charge in [-0.25, -0.2) is 13.8 Å². The molecule has 0 saturated carbocycles. The number of aromatic nitrogens is 2. The average molecular weight is 415 g/mol. The lowest BCUT2D eigenvalue weighted by atomic mass is 10.0. The first-order valence-corrected chi connectivity index (χ1v) is 8.29. The van der Waals surface area contributed by atoms with E-state index < -0.39 is 24.6 Å². The third-order valence-electron chi connectivity index (χ3n) is 4.27. The van der Waals surface area contributed by atoms with E-state index in [2.05, 4.69) is 25.7 Å². The summed E-state index contributed by atoms with van der Waals surface area (Å²) in [4.78, 5) is 4.18. The monoisotopic (exact) mass is 414 g/mol. The van der Waals surface area contributed by atoms with E-state index >= 15 is 0 Å². The fourth-order valence-electron chi connectivity index (χ4n) is 3.29. The van der Waals surface area contributed by atoms with Crippen LogP contribution in [0.3, 0.4) is 0 Å². The number of imidazole rings is 1. The maximum Gasteiger partial charge on any atom is 0.387 e. The second-order valence-electron chi connectivity index (χ2n) is 5.73. The van der Waals surface area contributed by atoms with Crippen LogP contribution in [0.25, 0.3) is 11.0 Å². The van der Waals surface area contributed by atoms with Gasteiger partial charge in [-0.05, 0) is 28.1 Å². The highest BCUT2D eigenvalue weighted by Crippen LogP contribution is 2.45. The quantitative estimate of drug-likeness (QED) is 0.525. The van der Waals surface area contributed by atoms with E-state index in [0.717, 1.165) is 0 Å². The highest BCUT2D eigenvalue weighted by molar-refractivity contribution is 9.10. The van der Waals surface area contributed by atoms with Gasteiger partial charge in [-0.3, -0.25) is 0 Å². The van der Waals surface area contributed by atoms with Gasteiger partial charge in [-0.15, -0.1) is 0 Å². The number of benzene rings is 2. The Morgan fingerprint density at radius 3 is 2.76 bits per heavy atom. The van der Waals surface area contributed by atoms with Crippen molar-refractivity contribution in [3.05, 3.63) is 58.1 Å². The van der Waals surface area contributed by atoms with E-state index in [1.165, 1.54) is 18.2 Å². The van der Waals surface area contributed by atoms with E-state index in [1.54, 1.807) is 22.8 Å². The molecule has 3 nitrogen and oxygen atoms in total. The molecule has 130 valence electrons. The predicted molar refractivity (Wildman–Crippen MR) is 87.1 cm³/mol. The molecule has 0 amide bonds. The molecule has 0 fully saturated rings. The minimum absolute atomic E-state index is 0.00872. The Balaban J connectivity index is 1.90. The highest BCUT2D eigenvalue weighted by atomic mass is 79.9. The first-order valence-electron chi connectivity index (χ1n) is 7.50. The first kappa shape index (κ1) is 16.4. The van der Waals surface area contributed by atoms with Crippen molar-refractivity contribution in [3.8, 4) is 5.75 Å². The molecule has 0 N–H and O–H groups in total. The minimum Gasteiger partial charge on any atom is -0.434 e. The van der Waals surface area contributed by atoms with Crippen molar-refractivity contribution >= 4 is 27.0 Å². The number of nitrogens with zero attached hydrogens (tertiary/aromatic N) is 2. The summed E-state index contributed by atoms with van der Waals surface area (Å²) in [5.74, 6) is -0.354. The van der Waals surface area contributed by atoms with Crippen LogP contribution in [0.5, 0.6) is 5.75 Å². The average Bonchev–Trinajstić information content (AvgIpc) is 3.06. The number of ether oxygens (including phenoxy) is 1. The van der Waals surface area contributed by atoms with Gasteiger partial charge in [-0.1, -0.05) is 18.2 Å². The summed E-state index contributed by atoms with van der Waals surface area (Å²) >= 11 is 3.11. The number of rotatable bonds is 3. The Hall–Kier alpha value is -2.09. The maximum absolute atomic E-state index is 14.5. The molecule has 8 heteroatoms. The Morgan fingerprint density at radius 1 is 1.24 bits per heavy atom. The molecule has 0 spiro atoms. The van der Waals surface area contributed by atoms with E-state index in [9.17, 15) is 17.6 Å². The van der Waals surface area contributed by atoms with Gasteiger partial charge >= 0.3 is 6.61 Å². The molecule has 0 bridgehead atoms. The molecule has 1 aromatic heterocycles. The molecule has 4 rings (SSSR count). The summed E-state index contributed by atoms with van der Waals surface area (Å²) in [6, 6.07) is 8.45. The summed E-state index contributed by atoms with van der Waals surface area (Å²) in [6.07, 6.45) is -1.32. The van der Waals surface area contributed by atoms with Gasteiger partial charge < -0.3 is 9.30 Å². The zero-order valence-corrected chi connectivity index (χ0v) is 14.2. The third-order valence-corrected chi connectivity index (χ3v) is 4.88. The van der Waals surface area contributed by atoms with Crippen LogP contribution in [0.2, 0.25) is 0 Å². The normalized spacial score (nSPS) is 19.6. The van der Waals surface area contributed by atoms with Crippen LogP contribution in [-0.4, -0.2) is 16.2 Å². The largest absolute Gasteiger partial charge is 0.434 e. The van der Waals surface area contributed by atoms with Crippen LogP contribution in [0.1, 0.15) is 30.0 Å². The number of hydrogen-bond donors (Lipinski definition) is 0. The molecule has 1 aliphatic rings. The van der Waals surface area contributed by atoms with Crippen LogP contribution in [-0.2, 0) is 0 Å². The second kappa shape index (κ2) is 6.01. The number of hydrogen-bond acceptors (Lipinski definition) is 2. The van der Waals surface area contributed by atoms with Crippen molar-refractivity contribution in [2.75, 3.05) is 0 Å². The molecule has 0 saturated heterocycles. The number of halogens is 5. The number of fused-ring (bicyclic) bond motifs is 3. The summed E-state index contributed by atoms with van der Waals surface area (Å²) in [5.41, 5.74) is 1.28. The maximum atomic E-state index is 14.5. The van der Waals surface area contributed by atoms with Gasteiger partial charge in [0.1, 0.15) is 17.4 Å². The van der Waals surface area contributed by atoms with Gasteiger partial charge in [-0.2, -0.15) is 8.78 Å². The smallest absolute Gasteiger partial charge is 0.387 e. The molecule has 2 unspecified atom stereocenters. The lowest BCUT2D eigenvalue weighted by Crippen LogP contribution is -2.10. The van der Waals surface area contributed by atoms with Gasteiger partial charge in [0.2, 0.25) is 0 Å². The number of para-hydroxylation sites is 1. The van der Waals surface area contributed by atoms with Crippen LogP contribution >= 0.6 is 15.9 Å². The van der Waals surface area contributed by atoms with E-state index in [4.69, 9.17) is 0 Å². The lowest BCUT2D eigenvalue weighted by Gasteiger charge is -2.18. The molecular formula is C17H11BrF4N2O. The van der Waals surface area contributed by atoms with Crippen molar-refractivity contribution in [2.24, 2.45) is 0 Å². The summed E-state index contributed by atoms with van der Waals surface area (Å²) in [5, 5.41) is 0. The van der Waals surface area contributed by atoms with E-state index in [1.807, 2.05) is 0 Å². The topological polar surface area (TPSA) is 27.1 Å². The molecule has 1 aliphatic heterocycles. The standard InChI is InChI=1S/C17H11BrF4N2O/c18-9-5-14-12(6-10(9)19)23-16-11(20)7-13(24(14)16)8-3-1-2-4-15(8)25-17(21)22/h1-6,11,13,17H,7H2. The van der Waals surface area contributed by atoms with Gasteiger partial charge in [0.05, 0.1) is 21.5 Å². The van der Waals surface area contributed by atoms with Gasteiger partial charge in [0.25, 0.3) is 0 Å². The van der Waals surface area contributed by atoms with Crippen molar-refractivity contribution in [2.45, 2.75) is 25.2 Å². The second-order valence-corrected chi connectivity index (χ2v) is 6.58. The summed E-state index contributed by atoms with van der Waals surface area (Å²) < 4.78 is 60.1. The van der Waals surface area contributed by atoms with Crippen LogP contribution < -0.4 is 4.74 Å². The fourth-order valence-corrected chi connectivity index (χ4v) is 3.62. The molecule has 2 aromatic carbocycles.